The maximum atomic E-state index is 5.89. The van der Waals surface area contributed by atoms with Gasteiger partial charge in [-0.15, -0.1) is 0 Å². The first-order valence-electron chi connectivity index (χ1n) is 6.96. The molecule has 0 spiro atoms. The lowest BCUT2D eigenvalue weighted by atomic mass is 10.0. The van der Waals surface area contributed by atoms with Gasteiger partial charge < -0.3 is 9.73 Å². The third-order valence-electron chi connectivity index (χ3n) is 3.43. The van der Waals surface area contributed by atoms with Gasteiger partial charge in [-0.1, -0.05) is 42.5 Å². The number of aryl methyl sites for hydroxylation is 1. The first-order chi connectivity index (χ1) is 9.88. The van der Waals surface area contributed by atoms with E-state index in [1.165, 1.54) is 10.8 Å². The van der Waals surface area contributed by atoms with Crippen molar-refractivity contribution >= 4 is 10.8 Å². The molecule has 1 aromatic heterocycles. The van der Waals surface area contributed by atoms with Crippen LogP contribution in [0.2, 0.25) is 0 Å². The number of nitrogens with one attached hydrogen (secondary N) is 1. The molecule has 0 amide bonds. The molecule has 0 aliphatic rings. The lowest BCUT2D eigenvalue weighted by Gasteiger charge is -2.03. The van der Waals surface area contributed by atoms with Crippen LogP contribution in [0, 0.1) is 0 Å². The minimum absolute atomic E-state index is 0.809. The number of benzene rings is 2. The Morgan fingerprint density at radius 2 is 1.95 bits per heavy atom. The van der Waals surface area contributed by atoms with Crippen LogP contribution in [-0.4, -0.2) is 18.6 Å². The van der Waals surface area contributed by atoms with Gasteiger partial charge in [0.05, 0.1) is 6.20 Å². The van der Waals surface area contributed by atoms with Gasteiger partial charge in [0.1, 0.15) is 0 Å². The van der Waals surface area contributed by atoms with Gasteiger partial charge in [0.25, 0.3) is 0 Å². The van der Waals surface area contributed by atoms with Crippen molar-refractivity contribution in [3.63, 3.8) is 0 Å². The Labute approximate surface area is 118 Å². The van der Waals surface area contributed by atoms with Crippen LogP contribution in [0.3, 0.4) is 0 Å². The third-order valence-corrected chi connectivity index (χ3v) is 3.43. The van der Waals surface area contributed by atoms with E-state index in [0.29, 0.717) is 0 Å². The molecule has 0 aliphatic heterocycles. The summed E-state index contributed by atoms with van der Waals surface area (Å²) in [5.41, 5.74) is 1.11. The molecule has 1 N–H and O–H groups in total. The molecule has 1 heterocycles. The van der Waals surface area contributed by atoms with E-state index < -0.39 is 0 Å². The summed E-state index contributed by atoms with van der Waals surface area (Å²) in [5.74, 6) is 1.66. The van der Waals surface area contributed by atoms with Crippen LogP contribution in [0.15, 0.2) is 53.1 Å². The van der Waals surface area contributed by atoms with Crippen molar-refractivity contribution in [1.82, 2.24) is 10.3 Å². The fourth-order valence-corrected chi connectivity index (χ4v) is 2.41. The van der Waals surface area contributed by atoms with Gasteiger partial charge in [0.2, 0.25) is 0 Å². The molecule has 0 saturated carbocycles. The zero-order valence-corrected chi connectivity index (χ0v) is 11.6. The average molecular weight is 266 g/mol. The summed E-state index contributed by atoms with van der Waals surface area (Å²) < 4.78 is 5.89. The quantitative estimate of drug-likeness (QED) is 0.716. The Hall–Kier alpha value is -2.13. The molecule has 0 saturated heterocycles. The van der Waals surface area contributed by atoms with Crippen molar-refractivity contribution < 1.29 is 4.42 Å². The molecule has 0 atom stereocenters. The number of fused-ring (bicyclic) bond motifs is 1. The molecule has 102 valence electrons. The summed E-state index contributed by atoms with van der Waals surface area (Å²) >= 11 is 0. The maximum absolute atomic E-state index is 5.89. The Morgan fingerprint density at radius 3 is 2.85 bits per heavy atom. The van der Waals surface area contributed by atoms with E-state index in [2.05, 4.69) is 52.8 Å². The van der Waals surface area contributed by atoms with Gasteiger partial charge in [-0.2, -0.15) is 0 Å². The van der Waals surface area contributed by atoms with E-state index in [1.54, 1.807) is 0 Å². The molecule has 0 radical (unpaired) electrons. The second-order valence-electron chi connectivity index (χ2n) is 4.85. The van der Waals surface area contributed by atoms with E-state index in [-0.39, 0.29) is 0 Å². The molecule has 3 nitrogen and oxygen atoms in total. The van der Waals surface area contributed by atoms with Gasteiger partial charge in [0, 0.05) is 12.0 Å². The van der Waals surface area contributed by atoms with E-state index in [9.17, 15) is 0 Å². The molecule has 0 bridgehead atoms. The summed E-state index contributed by atoms with van der Waals surface area (Å²) in [6, 6.07) is 14.6. The second-order valence-corrected chi connectivity index (χ2v) is 4.85. The molecule has 2 aromatic carbocycles. The zero-order valence-electron chi connectivity index (χ0n) is 11.6. The predicted octanol–water partition coefficient (Wildman–Crippen LogP) is 3.65. The molecular formula is C17H18N2O. The highest BCUT2D eigenvalue weighted by Crippen LogP contribution is 2.29. The van der Waals surface area contributed by atoms with Crippen LogP contribution in [0.1, 0.15) is 12.3 Å². The first-order valence-corrected chi connectivity index (χ1v) is 6.96. The van der Waals surface area contributed by atoms with Crippen LogP contribution in [0.4, 0.5) is 0 Å². The standard InChI is InChI=1S/C17H18N2O/c1-18-11-5-10-17-19-12-16(20-17)15-9-4-7-13-6-2-3-8-14(13)15/h2-4,6-9,12,18H,5,10-11H2,1H3. The first kappa shape index (κ1) is 12.9. The molecule has 0 fully saturated rings. The maximum Gasteiger partial charge on any atom is 0.194 e. The largest absolute Gasteiger partial charge is 0.441 e. The second kappa shape index (κ2) is 5.88. The van der Waals surface area contributed by atoms with Crippen LogP contribution in [-0.2, 0) is 6.42 Å². The minimum Gasteiger partial charge on any atom is -0.441 e. The van der Waals surface area contributed by atoms with E-state index in [4.69, 9.17) is 4.42 Å². The normalized spacial score (nSPS) is 11.1. The van der Waals surface area contributed by atoms with Gasteiger partial charge in [-0.25, -0.2) is 4.98 Å². The molecule has 3 rings (SSSR count). The van der Waals surface area contributed by atoms with Crippen LogP contribution in [0.25, 0.3) is 22.1 Å². The van der Waals surface area contributed by atoms with Crippen molar-refractivity contribution in [1.29, 1.82) is 0 Å². The lowest BCUT2D eigenvalue weighted by Crippen LogP contribution is -2.08. The number of hydrogen-bond acceptors (Lipinski definition) is 3. The molecule has 3 aromatic rings. The molecule has 3 heteroatoms. The molecule has 20 heavy (non-hydrogen) atoms. The highest BCUT2D eigenvalue weighted by molar-refractivity contribution is 5.95. The van der Waals surface area contributed by atoms with E-state index in [0.717, 1.165) is 36.6 Å². The Bertz CT molecular complexity index is 698. The highest BCUT2D eigenvalue weighted by Gasteiger charge is 2.09. The Balaban J connectivity index is 1.91. The number of aromatic nitrogens is 1. The summed E-state index contributed by atoms with van der Waals surface area (Å²) in [5, 5.41) is 5.55. The Morgan fingerprint density at radius 1 is 1.10 bits per heavy atom. The van der Waals surface area contributed by atoms with Gasteiger partial charge >= 0.3 is 0 Å². The smallest absolute Gasteiger partial charge is 0.194 e. The summed E-state index contributed by atoms with van der Waals surface area (Å²) in [6.45, 7) is 0.978. The molecule has 0 unspecified atom stereocenters. The van der Waals surface area contributed by atoms with Crippen molar-refractivity contribution in [3.05, 3.63) is 54.6 Å². The average Bonchev–Trinajstić information content (AvgIpc) is 2.96. The van der Waals surface area contributed by atoms with Crippen molar-refractivity contribution in [3.8, 4) is 11.3 Å². The highest BCUT2D eigenvalue weighted by atomic mass is 16.4. The zero-order chi connectivity index (χ0) is 13.8. The van der Waals surface area contributed by atoms with Crippen molar-refractivity contribution in [2.45, 2.75) is 12.8 Å². The van der Waals surface area contributed by atoms with Gasteiger partial charge in [-0.05, 0) is 30.8 Å². The van der Waals surface area contributed by atoms with Gasteiger partial charge in [0.15, 0.2) is 11.7 Å². The molecule has 0 aliphatic carbocycles. The van der Waals surface area contributed by atoms with Crippen LogP contribution < -0.4 is 5.32 Å². The fraction of sp³-hybridized carbons (Fsp3) is 0.235. The number of nitrogens with zero attached hydrogens (tertiary/aromatic N) is 1. The molecular weight excluding hydrogens is 248 g/mol. The topological polar surface area (TPSA) is 38.1 Å². The monoisotopic (exact) mass is 266 g/mol. The number of rotatable bonds is 5. The summed E-state index contributed by atoms with van der Waals surface area (Å²) in [4.78, 5) is 4.38. The van der Waals surface area contributed by atoms with Gasteiger partial charge in [-0.3, -0.25) is 0 Å². The minimum atomic E-state index is 0.809. The summed E-state index contributed by atoms with van der Waals surface area (Å²) in [6.07, 6.45) is 3.73. The van der Waals surface area contributed by atoms with E-state index >= 15 is 0 Å². The Kier molecular flexibility index (Phi) is 3.79. The van der Waals surface area contributed by atoms with Crippen molar-refractivity contribution in [2.24, 2.45) is 0 Å². The predicted molar refractivity (Wildman–Crippen MR) is 81.7 cm³/mol. The van der Waals surface area contributed by atoms with E-state index in [1.807, 2.05) is 13.2 Å². The lowest BCUT2D eigenvalue weighted by molar-refractivity contribution is 0.495. The number of hydrogen-bond donors (Lipinski definition) is 1. The third kappa shape index (κ3) is 2.58. The summed E-state index contributed by atoms with van der Waals surface area (Å²) in [7, 11) is 1.96. The fourth-order valence-electron chi connectivity index (χ4n) is 2.41. The van der Waals surface area contributed by atoms with Crippen LogP contribution in [0.5, 0.6) is 0 Å². The SMILES string of the molecule is CNCCCc1ncc(-c2cccc3ccccc23)o1. The van der Waals surface area contributed by atoms with Crippen molar-refractivity contribution in [2.75, 3.05) is 13.6 Å². The number of oxazole rings is 1. The van der Waals surface area contributed by atoms with Crippen LogP contribution >= 0.6 is 0 Å².